The number of fused-ring (bicyclic) bond motifs is 2. The van der Waals surface area contributed by atoms with Crippen LogP contribution in [0, 0.1) is 10.7 Å². The molecule has 3 aliphatic heterocycles. The zero-order valence-corrected chi connectivity index (χ0v) is 24.7. The van der Waals surface area contributed by atoms with E-state index in [0.29, 0.717) is 49.9 Å². The molecule has 5 rings (SSSR count). The van der Waals surface area contributed by atoms with Crippen LogP contribution in [-0.2, 0) is 29.5 Å². The third-order valence-corrected chi connectivity index (χ3v) is 11.2. The second kappa shape index (κ2) is 10.7. The molecule has 16 heteroatoms. The summed E-state index contributed by atoms with van der Waals surface area (Å²) in [5, 5.41) is 2.96. The fraction of sp³-hybridized carbons (Fsp3) is 0.560. The Hall–Kier alpha value is -2.45. The number of carbonyl (C=O) groups excluding carboxylic acids is 3. The number of carbonyl (C=O) groups is 3. The van der Waals surface area contributed by atoms with Crippen LogP contribution in [-0.4, -0.2) is 84.7 Å². The molecule has 3 amide bonds. The molecule has 41 heavy (non-hydrogen) atoms. The van der Waals surface area contributed by atoms with Crippen molar-refractivity contribution in [3.05, 3.63) is 34.7 Å². The Bertz CT molecular complexity index is 1550. The number of likely N-dealkylation sites (tertiary alicyclic amines) is 1. The molecule has 2 aromatic rings. The largest absolute Gasteiger partial charge is 0.399 e. The molecule has 3 aliphatic rings. The molecule has 1 aromatic heterocycles. The Morgan fingerprint density at radius 1 is 1.20 bits per heavy atom. The zero-order valence-electron chi connectivity index (χ0n) is 22.1. The lowest BCUT2D eigenvalue weighted by Crippen LogP contribution is -2.60. The third-order valence-electron chi connectivity index (χ3n) is 7.95. The van der Waals surface area contributed by atoms with Crippen molar-refractivity contribution in [2.24, 2.45) is 5.92 Å². The Balaban J connectivity index is 1.28. The molecule has 4 heterocycles. The molecule has 0 radical (unpaired) electrons. The highest BCUT2D eigenvalue weighted by Gasteiger charge is 2.50. The molecule has 4 N–H and O–H groups in total. The number of benzene rings is 1. The van der Waals surface area contributed by atoms with Gasteiger partial charge in [-0.05, 0) is 55.7 Å². The van der Waals surface area contributed by atoms with Gasteiger partial charge in [-0.3, -0.25) is 27.9 Å². The highest BCUT2D eigenvalue weighted by atomic mass is 32.2. The summed E-state index contributed by atoms with van der Waals surface area (Å²) in [6, 6.07) is 2.81. The van der Waals surface area contributed by atoms with Crippen molar-refractivity contribution in [3.63, 3.8) is 0 Å². The molecule has 224 valence electrons. The van der Waals surface area contributed by atoms with Gasteiger partial charge in [0.15, 0.2) is 0 Å². The van der Waals surface area contributed by atoms with Gasteiger partial charge in [-0.25, -0.2) is 0 Å². The molecule has 3 fully saturated rings. The predicted octanol–water partition coefficient (Wildman–Crippen LogP) is 2.91. The van der Waals surface area contributed by atoms with Crippen molar-refractivity contribution < 1.29 is 41.7 Å². The van der Waals surface area contributed by atoms with Gasteiger partial charge in [0.1, 0.15) is 12.1 Å². The topological polar surface area (TPSA) is 168 Å². The van der Waals surface area contributed by atoms with Crippen LogP contribution >= 0.6 is 18.9 Å². The number of halogens is 2. The maximum Gasteiger partial charge on any atom is 0.399 e. The molecule has 3 saturated heterocycles. The van der Waals surface area contributed by atoms with Crippen molar-refractivity contribution >= 4 is 56.5 Å². The minimum absolute atomic E-state index is 0.00146. The van der Waals surface area contributed by atoms with Gasteiger partial charge in [0.2, 0.25) is 11.8 Å². The van der Waals surface area contributed by atoms with Gasteiger partial charge in [-0.2, -0.15) is 8.78 Å². The quantitative estimate of drug-likeness (QED) is 0.341. The van der Waals surface area contributed by atoms with Crippen LogP contribution in [0.3, 0.4) is 0 Å². The van der Waals surface area contributed by atoms with E-state index >= 15 is 0 Å². The normalized spacial score (nSPS) is 25.4. The highest BCUT2D eigenvalue weighted by molar-refractivity contribution is 7.91. The van der Waals surface area contributed by atoms with Crippen LogP contribution in [0.1, 0.15) is 47.3 Å². The number of thiophene rings is 1. The molecular weight excluding hydrogens is 601 g/mol. The van der Waals surface area contributed by atoms with Gasteiger partial charge in [-0.15, -0.1) is 11.3 Å². The Morgan fingerprint density at radius 3 is 2.56 bits per heavy atom. The highest BCUT2D eigenvalue weighted by Crippen LogP contribution is 2.59. The summed E-state index contributed by atoms with van der Waals surface area (Å²) in [6.45, 7) is 0.805. The lowest BCUT2D eigenvalue weighted by Gasteiger charge is -2.42. The zero-order chi connectivity index (χ0) is 29.9. The van der Waals surface area contributed by atoms with E-state index in [1.54, 1.807) is 9.80 Å². The molecule has 0 saturated carbocycles. The maximum atomic E-state index is 14.2. The number of nitrogens with one attached hydrogen (secondary N) is 2. The molecule has 0 aliphatic carbocycles. The van der Waals surface area contributed by atoms with Gasteiger partial charge >= 0.3 is 13.3 Å². The molecule has 0 spiro atoms. The summed E-state index contributed by atoms with van der Waals surface area (Å²) < 4.78 is 59.5. The van der Waals surface area contributed by atoms with E-state index in [1.807, 2.05) is 0 Å². The predicted molar refractivity (Wildman–Crippen MR) is 148 cm³/mol. The fourth-order valence-electron chi connectivity index (χ4n) is 5.99. The van der Waals surface area contributed by atoms with Gasteiger partial charge in [0.25, 0.3) is 5.91 Å². The van der Waals surface area contributed by atoms with E-state index in [0.717, 1.165) is 23.5 Å². The first kappa shape index (κ1) is 30.0. The van der Waals surface area contributed by atoms with Crippen LogP contribution in [0.25, 0.3) is 10.1 Å². The smallest absolute Gasteiger partial charge is 0.340 e. The average Bonchev–Trinajstić information content (AvgIpc) is 3.43. The third kappa shape index (κ3) is 5.92. The van der Waals surface area contributed by atoms with E-state index < -0.39 is 46.5 Å². The molecule has 4 atom stereocenters. The summed E-state index contributed by atoms with van der Waals surface area (Å²) in [7, 11) is -8.41. The monoisotopic (exact) mass is 632 g/mol. The summed E-state index contributed by atoms with van der Waals surface area (Å²) in [5.74, 6) is -0.882. The number of hydrogen-bond acceptors (Lipinski definition) is 7. The van der Waals surface area contributed by atoms with Crippen molar-refractivity contribution in [2.75, 3.05) is 25.1 Å². The number of alkyl halides is 2. The van der Waals surface area contributed by atoms with Gasteiger partial charge in [0, 0.05) is 57.1 Å². The van der Waals surface area contributed by atoms with Crippen molar-refractivity contribution in [2.45, 2.75) is 55.9 Å². The molecule has 0 bridgehead atoms. The van der Waals surface area contributed by atoms with Crippen molar-refractivity contribution in [3.8, 4) is 0 Å². The van der Waals surface area contributed by atoms with E-state index in [9.17, 15) is 31.9 Å². The Kier molecular flexibility index (Phi) is 7.82. The van der Waals surface area contributed by atoms with Gasteiger partial charge in [-0.1, -0.05) is 6.07 Å². The SMILES string of the molecule is CS(=N)(=O)CC1CN(C(=O)[C@@H]2CC[C@@H]3CCC[C@H](NC(=O)c4cc5cc(C(F)(F)P(=O)(O)O)ccc5s4)C(=O)N32)C1. The second-order valence-corrected chi connectivity index (χ2v) is 16.3. The number of nitrogens with zero attached hydrogens (tertiary/aromatic N) is 2. The molecular formula is C25H31F2N4O7PS2. The molecule has 1 unspecified atom stereocenters. The first-order valence-electron chi connectivity index (χ1n) is 13.2. The maximum absolute atomic E-state index is 14.2. The number of hydrogen-bond donors (Lipinski definition) is 4. The lowest BCUT2D eigenvalue weighted by molar-refractivity contribution is -0.149. The molecule has 1 aromatic carbocycles. The first-order valence-corrected chi connectivity index (χ1v) is 17.7. The Morgan fingerprint density at radius 2 is 1.90 bits per heavy atom. The van der Waals surface area contributed by atoms with Crippen molar-refractivity contribution in [1.82, 2.24) is 15.1 Å². The minimum Gasteiger partial charge on any atom is -0.340 e. The van der Waals surface area contributed by atoms with Crippen LogP contribution in [0.5, 0.6) is 0 Å². The lowest BCUT2D eigenvalue weighted by atomic mass is 10.00. The van der Waals surface area contributed by atoms with E-state index in [2.05, 4.69) is 5.32 Å². The summed E-state index contributed by atoms with van der Waals surface area (Å²) in [4.78, 5) is 61.5. The van der Waals surface area contributed by atoms with Gasteiger partial charge in [0.05, 0.1) is 4.88 Å². The van der Waals surface area contributed by atoms with Crippen LogP contribution in [0.2, 0.25) is 0 Å². The van der Waals surface area contributed by atoms with E-state index in [4.69, 9.17) is 14.6 Å². The van der Waals surface area contributed by atoms with E-state index in [-0.39, 0.29) is 39.8 Å². The van der Waals surface area contributed by atoms with Gasteiger partial charge < -0.3 is 24.9 Å². The second-order valence-electron chi connectivity index (χ2n) is 11.2. The fourth-order valence-corrected chi connectivity index (χ4v) is 8.52. The van der Waals surface area contributed by atoms with Crippen LogP contribution in [0.15, 0.2) is 24.3 Å². The summed E-state index contributed by atoms with van der Waals surface area (Å²) in [5.41, 5.74) is -5.25. The number of amides is 3. The van der Waals surface area contributed by atoms with Crippen LogP contribution in [0.4, 0.5) is 8.78 Å². The summed E-state index contributed by atoms with van der Waals surface area (Å²) >= 11 is 1.000. The first-order chi connectivity index (χ1) is 19.0. The van der Waals surface area contributed by atoms with Crippen molar-refractivity contribution in [1.29, 1.82) is 4.78 Å². The minimum atomic E-state index is -5.75. The van der Waals surface area contributed by atoms with E-state index in [1.165, 1.54) is 18.4 Å². The number of rotatable bonds is 7. The average molecular weight is 633 g/mol. The van der Waals surface area contributed by atoms with Crippen LogP contribution < -0.4 is 5.32 Å². The Labute approximate surface area is 239 Å². The standard InChI is InChI=1S/C25H31F2N4O7PS2/c1-41(28,38)13-14-11-30(12-14)24(34)19-7-6-17-3-2-4-18(23(33)31(17)19)29-22(32)21-10-15-9-16(5-8-20(15)40-21)25(26,27)39(35,36)37/h5,8-10,14,17-19,28H,2-4,6-7,11-13H2,1H3,(H,29,32)(H2,35,36,37)/t17-,18-,19-,41?/m0/s1. The summed E-state index contributed by atoms with van der Waals surface area (Å²) in [6.07, 6.45) is 4.30. The molecule has 11 nitrogen and oxygen atoms in total.